The van der Waals surface area contributed by atoms with Crippen LogP contribution in [0.5, 0.6) is 0 Å². The maximum absolute atomic E-state index is 14.2. The number of sulfonamides is 1. The average molecular weight is 592 g/mol. The van der Waals surface area contributed by atoms with E-state index in [1.54, 1.807) is 28.6 Å². The maximum Gasteiger partial charge on any atom is 0.264 e. The highest BCUT2D eigenvalue weighted by molar-refractivity contribution is 7.92. The van der Waals surface area contributed by atoms with Crippen molar-refractivity contribution in [1.29, 1.82) is 5.26 Å². The summed E-state index contributed by atoms with van der Waals surface area (Å²) in [6.07, 6.45) is 7.20. The van der Waals surface area contributed by atoms with Crippen molar-refractivity contribution in [3.63, 3.8) is 0 Å². The summed E-state index contributed by atoms with van der Waals surface area (Å²) < 4.78 is 30.0. The number of nitrogens with zero attached hydrogens (tertiary/aromatic N) is 5. The summed E-state index contributed by atoms with van der Waals surface area (Å²) in [6, 6.07) is 24.6. The predicted octanol–water partition coefficient (Wildman–Crippen LogP) is 7.57. The molecule has 2 aliphatic carbocycles. The first-order chi connectivity index (χ1) is 20.7. The predicted molar refractivity (Wildman–Crippen MR) is 169 cm³/mol. The monoisotopic (exact) mass is 591 g/mol. The van der Waals surface area contributed by atoms with Gasteiger partial charge in [-0.15, -0.1) is 0 Å². The molecule has 0 bridgehead atoms. The molecule has 2 heterocycles. The third-order valence-corrected chi connectivity index (χ3v) is 11.9. The number of nitriles is 1. The minimum absolute atomic E-state index is 0.249. The van der Waals surface area contributed by atoms with Gasteiger partial charge >= 0.3 is 0 Å². The van der Waals surface area contributed by atoms with E-state index in [9.17, 15) is 13.7 Å². The van der Waals surface area contributed by atoms with Crippen LogP contribution in [0.15, 0.2) is 99.6 Å². The number of likely N-dealkylation sites (N-methyl/N-ethyl adjacent to an activating group) is 1. The van der Waals surface area contributed by atoms with Gasteiger partial charge in [0.2, 0.25) is 0 Å². The summed E-state index contributed by atoms with van der Waals surface area (Å²) in [4.78, 5) is 2.35. The van der Waals surface area contributed by atoms with Crippen LogP contribution in [0.3, 0.4) is 0 Å². The number of rotatable bonds is 5. The molecule has 0 amide bonds. The molecule has 5 atom stereocenters. The summed E-state index contributed by atoms with van der Waals surface area (Å²) in [7, 11) is -1.84. The zero-order valence-corrected chi connectivity index (χ0v) is 25.8. The average Bonchev–Trinajstić information content (AvgIpc) is 3.58. The van der Waals surface area contributed by atoms with E-state index in [4.69, 9.17) is 10.2 Å². The van der Waals surface area contributed by atoms with Crippen molar-refractivity contribution in [2.45, 2.75) is 86.3 Å². The summed E-state index contributed by atoms with van der Waals surface area (Å²) >= 11 is 0. The zero-order valence-electron chi connectivity index (χ0n) is 24.9. The third-order valence-electron chi connectivity index (χ3n) is 10.0. The molecule has 0 saturated heterocycles. The van der Waals surface area contributed by atoms with Gasteiger partial charge in [0.15, 0.2) is 0 Å². The lowest BCUT2D eigenvalue weighted by Gasteiger charge is -2.33. The van der Waals surface area contributed by atoms with E-state index in [1.165, 1.54) is 11.1 Å². The van der Waals surface area contributed by atoms with Gasteiger partial charge in [-0.1, -0.05) is 60.2 Å². The number of fused-ring (bicyclic) bond motifs is 3. The Hall–Kier alpha value is -3.96. The second kappa shape index (κ2) is 10.1. The van der Waals surface area contributed by atoms with Gasteiger partial charge in [0.05, 0.1) is 22.7 Å². The van der Waals surface area contributed by atoms with Crippen LogP contribution in [0.1, 0.15) is 75.0 Å². The highest BCUT2D eigenvalue weighted by atomic mass is 32.2. The standard InChI is InChI=1S/C35H37N5O2S/c1-24(2)22-25-12-10-21-35(32(23-36)39(3)30-18-9-15-27(25)33(30)35)38-37-34-20-11-19-31(34)40(29-17-8-7-16-28(29)34)43(41,42)26-13-5-4-6-14-26/h4-9,13-18,22,25,31-32H,10-12,19-21H2,1-3H3/t25-,31-,32+,34+,35-/m1/s1. The van der Waals surface area contributed by atoms with Gasteiger partial charge in [0.1, 0.15) is 17.1 Å². The lowest BCUT2D eigenvalue weighted by atomic mass is 9.81. The summed E-state index contributed by atoms with van der Waals surface area (Å²) in [6.45, 7) is 4.27. The van der Waals surface area contributed by atoms with Crippen LogP contribution in [-0.2, 0) is 21.1 Å². The molecule has 0 spiro atoms. The largest absolute Gasteiger partial charge is 0.356 e. The van der Waals surface area contributed by atoms with Gasteiger partial charge in [0, 0.05) is 29.8 Å². The quantitative estimate of drug-likeness (QED) is 0.226. The van der Waals surface area contributed by atoms with Crippen LogP contribution in [0.2, 0.25) is 0 Å². The molecule has 0 radical (unpaired) electrons. The zero-order chi connectivity index (χ0) is 30.0. The molecule has 4 aliphatic rings. The highest BCUT2D eigenvalue weighted by Crippen LogP contribution is 2.59. The minimum Gasteiger partial charge on any atom is -0.356 e. The Morgan fingerprint density at radius 3 is 2.35 bits per heavy atom. The molecule has 7 nitrogen and oxygen atoms in total. The van der Waals surface area contributed by atoms with Crippen molar-refractivity contribution < 1.29 is 8.42 Å². The molecule has 7 rings (SSSR count). The lowest BCUT2D eigenvalue weighted by Crippen LogP contribution is -2.44. The van der Waals surface area contributed by atoms with Crippen molar-refractivity contribution in [1.82, 2.24) is 0 Å². The Morgan fingerprint density at radius 1 is 0.907 bits per heavy atom. The van der Waals surface area contributed by atoms with Gasteiger partial charge in [-0.25, -0.2) is 8.42 Å². The lowest BCUT2D eigenvalue weighted by molar-refractivity contribution is 0.323. The van der Waals surface area contributed by atoms with Crippen LogP contribution in [0.25, 0.3) is 0 Å². The van der Waals surface area contributed by atoms with Crippen LogP contribution in [0.4, 0.5) is 11.4 Å². The molecule has 1 fully saturated rings. The molecule has 3 aromatic rings. The Balaban J connectivity index is 1.41. The third kappa shape index (κ3) is 3.94. The topological polar surface area (TPSA) is 89.1 Å². The van der Waals surface area contributed by atoms with Gasteiger partial charge in [-0.2, -0.15) is 15.5 Å². The molecule has 2 aliphatic heterocycles. The Kier molecular flexibility index (Phi) is 6.51. The second-order valence-electron chi connectivity index (χ2n) is 12.7. The number of benzene rings is 3. The van der Waals surface area contributed by atoms with E-state index in [2.05, 4.69) is 49.1 Å². The smallest absolute Gasteiger partial charge is 0.264 e. The Bertz CT molecular complexity index is 1790. The number of anilines is 2. The van der Waals surface area contributed by atoms with Crippen LogP contribution < -0.4 is 9.21 Å². The van der Waals surface area contributed by atoms with E-state index in [0.717, 1.165) is 36.1 Å². The van der Waals surface area contributed by atoms with Gasteiger partial charge in [-0.05, 0) is 82.2 Å². The van der Waals surface area contributed by atoms with Gasteiger partial charge < -0.3 is 4.90 Å². The van der Waals surface area contributed by atoms with Crippen LogP contribution >= 0.6 is 0 Å². The van der Waals surface area contributed by atoms with Gasteiger partial charge in [0.25, 0.3) is 10.0 Å². The molecule has 1 saturated carbocycles. The molecule has 43 heavy (non-hydrogen) atoms. The fourth-order valence-electron chi connectivity index (χ4n) is 8.31. The molecular formula is C35H37N5O2S. The molecule has 0 N–H and O–H groups in total. The first-order valence-electron chi connectivity index (χ1n) is 15.3. The first kappa shape index (κ1) is 27.8. The number of allylic oxidation sites excluding steroid dienone is 2. The van der Waals surface area contributed by atoms with Crippen LogP contribution in [-0.4, -0.2) is 27.5 Å². The molecule has 0 unspecified atom stereocenters. The van der Waals surface area contributed by atoms with Gasteiger partial charge in [-0.3, -0.25) is 4.31 Å². The number of hydrogen-bond acceptors (Lipinski definition) is 6. The normalized spacial score (nSPS) is 29.1. The van der Waals surface area contributed by atoms with E-state index in [-0.39, 0.29) is 16.9 Å². The SMILES string of the molecule is CC(C)=C[C@H]1CCC[C@]2(N=N[C@]34CCC[C@H]3N(S(=O)(=O)c3ccccc3)c3ccccc34)c3c1cccc3N(C)[C@H]2C#N. The molecular weight excluding hydrogens is 554 g/mol. The van der Waals surface area contributed by atoms with Crippen LogP contribution in [0, 0.1) is 11.3 Å². The minimum atomic E-state index is -3.83. The fraction of sp³-hybridized carbons (Fsp3) is 0.400. The second-order valence-corrected chi connectivity index (χ2v) is 14.5. The van der Waals surface area contributed by atoms with Crippen molar-refractivity contribution in [2.75, 3.05) is 16.3 Å². The maximum atomic E-state index is 14.2. The first-order valence-corrected chi connectivity index (χ1v) is 16.7. The molecule has 8 heteroatoms. The van der Waals surface area contributed by atoms with Crippen molar-refractivity contribution in [2.24, 2.45) is 10.2 Å². The highest BCUT2D eigenvalue weighted by Gasteiger charge is 2.59. The molecule has 220 valence electrons. The Morgan fingerprint density at radius 2 is 1.58 bits per heavy atom. The summed E-state index contributed by atoms with van der Waals surface area (Å²) in [5.41, 5.74) is 4.59. The molecule has 3 aromatic carbocycles. The van der Waals surface area contributed by atoms with Crippen molar-refractivity contribution >= 4 is 21.4 Å². The number of azo groups is 1. The summed E-state index contributed by atoms with van der Waals surface area (Å²) in [5, 5.41) is 21.2. The van der Waals surface area contributed by atoms with E-state index >= 15 is 0 Å². The number of hydrogen-bond donors (Lipinski definition) is 0. The Labute approximate surface area is 254 Å². The fourth-order valence-corrected chi connectivity index (χ4v) is 10.1. The summed E-state index contributed by atoms with van der Waals surface area (Å²) in [5.74, 6) is 0.249. The van der Waals surface area contributed by atoms with Crippen molar-refractivity contribution in [3.05, 3.63) is 101 Å². The molecule has 0 aromatic heterocycles. The van der Waals surface area contributed by atoms with Crippen molar-refractivity contribution in [3.8, 4) is 6.07 Å². The van der Waals surface area contributed by atoms with E-state index < -0.39 is 27.1 Å². The number of para-hydroxylation sites is 1. The van der Waals surface area contributed by atoms with E-state index in [1.807, 2.05) is 37.4 Å². The van der Waals surface area contributed by atoms with E-state index in [0.29, 0.717) is 24.9 Å².